The van der Waals surface area contributed by atoms with Gasteiger partial charge in [-0.15, -0.1) is 0 Å². The second kappa shape index (κ2) is 10.9. The van der Waals surface area contributed by atoms with Crippen molar-refractivity contribution in [2.75, 3.05) is 13.2 Å². The third-order valence-electron chi connectivity index (χ3n) is 4.13. The molecule has 6 nitrogen and oxygen atoms in total. The van der Waals surface area contributed by atoms with Crippen LogP contribution in [0.3, 0.4) is 0 Å². The Morgan fingerprint density at radius 1 is 1.03 bits per heavy atom. The summed E-state index contributed by atoms with van der Waals surface area (Å²) >= 11 is 0. The van der Waals surface area contributed by atoms with Gasteiger partial charge in [0, 0.05) is 18.5 Å². The molecule has 0 fully saturated rings. The van der Waals surface area contributed by atoms with Crippen molar-refractivity contribution in [2.24, 2.45) is 0 Å². The zero-order chi connectivity index (χ0) is 21.2. The summed E-state index contributed by atoms with van der Waals surface area (Å²) in [6, 6.07) is 11.3. The van der Waals surface area contributed by atoms with E-state index in [1.807, 2.05) is 6.92 Å². The molecule has 0 unspecified atom stereocenters. The lowest BCUT2D eigenvalue weighted by Crippen LogP contribution is -2.28. The Morgan fingerprint density at radius 3 is 2.41 bits per heavy atom. The maximum atomic E-state index is 13.5. The van der Waals surface area contributed by atoms with Crippen molar-refractivity contribution < 1.29 is 28.2 Å². The molecule has 0 aromatic heterocycles. The number of ketones is 1. The number of aryl methyl sites for hydroxylation is 1. The van der Waals surface area contributed by atoms with Gasteiger partial charge in [-0.1, -0.05) is 12.1 Å². The summed E-state index contributed by atoms with van der Waals surface area (Å²) < 4.78 is 23.7. The zero-order valence-corrected chi connectivity index (χ0v) is 16.5. The SMILES string of the molecule is CCOc1ccc(C(=O)CCC(=O)OCC(=O)NCc2ccc(C)c(F)c2)cc1. The Labute approximate surface area is 169 Å². The minimum atomic E-state index is -0.638. The van der Waals surface area contributed by atoms with Gasteiger partial charge < -0.3 is 14.8 Å². The van der Waals surface area contributed by atoms with Crippen LogP contribution in [0.15, 0.2) is 42.5 Å². The molecular weight excluding hydrogens is 377 g/mol. The molecule has 29 heavy (non-hydrogen) atoms. The van der Waals surface area contributed by atoms with Crippen LogP contribution < -0.4 is 10.1 Å². The van der Waals surface area contributed by atoms with Gasteiger partial charge in [-0.3, -0.25) is 14.4 Å². The Balaban J connectivity index is 1.68. The molecule has 0 aliphatic carbocycles. The number of benzene rings is 2. The number of nitrogens with one attached hydrogen (secondary N) is 1. The highest BCUT2D eigenvalue weighted by molar-refractivity contribution is 5.97. The van der Waals surface area contributed by atoms with Gasteiger partial charge in [-0.05, 0) is 55.3 Å². The number of hydrogen-bond acceptors (Lipinski definition) is 5. The van der Waals surface area contributed by atoms with Gasteiger partial charge in [0.15, 0.2) is 12.4 Å². The third kappa shape index (κ3) is 7.37. The average molecular weight is 401 g/mol. The summed E-state index contributed by atoms with van der Waals surface area (Å²) in [6.07, 6.45) is -0.139. The number of carbonyl (C=O) groups excluding carboxylic acids is 3. The second-order valence-electron chi connectivity index (χ2n) is 6.40. The highest BCUT2D eigenvalue weighted by atomic mass is 19.1. The van der Waals surface area contributed by atoms with Crippen LogP contribution in [0, 0.1) is 12.7 Å². The van der Waals surface area contributed by atoms with Gasteiger partial charge in [0.25, 0.3) is 5.91 Å². The molecule has 0 heterocycles. The summed E-state index contributed by atoms with van der Waals surface area (Å²) in [5.41, 5.74) is 1.60. The van der Waals surface area contributed by atoms with Gasteiger partial charge in [0.05, 0.1) is 13.0 Å². The maximum absolute atomic E-state index is 13.5. The maximum Gasteiger partial charge on any atom is 0.306 e. The predicted octanol–water partition coefficient (Wildman–Crippen LogP) is 3.36. The topological polar surface area (TPSA) is 81.7 Å². The van der Waals surface area contributed by atoms with Crippen molar-refractivity contribution in [3.63, 3.8) is 0 Å². The molecule has 154 valence electrons. The normalized spacial score (nSPS) is 10.3. The molecule has 0 saturated heterocycles. The fraction of sp³-hybridized carbons (Fsp3) is 0.318. The van der Waals surface area contributed by atoms with Crippen molar-refractivity contribution in [2.45, 2.75) is 33.2 Å². The Morgan fingerprint density at radius 2 is 1.76 bits per heavy atom. The third-order valence-corrected chi connectivity index (χ3v) is 4.13. The zero-order valence-electron chi connectivity index (χ0n) is 16.5. The van der Waals surface area contributed by atoms with Crippen molar-refractivity contribution in [1.82, 2.24) is 5.32 Å². The number of ether oxygens (including phenoxy) is 2. The average Bonchev–Trinajstić information content (AvgIpc) is 2.72. The summed E-state index contributed by atoms with van der Waals surface area (Å²) in [4.78, 5) is 35.6. The van der Waals surface area contributed by atoms with E-state index in [0.717, 1.165) is 0 Å². The standard InChI is InChI=1S/C22H24FNO5/c1-3-28-18-8-6-17(7-9-18)20(25)10-11-22(27)29-14-21(26)24-13-16-5-4-15(2)19(23)12-16/h4-9,12H,3,10-11,13-14H2,1-2H3,(H,24,26). The fourth-order valence-corrected chi connectivity index (χ4v) is 2.48. The predicted molar refractivity (Wildman–Crippen MR) is 105 cm³/mol. The lowest BCUT2D eigenvalue weighted by molar-refractivity contribution is -0.148. The van der Waals surface area contributed by atoms with Crippen LogP contribution in [0.25, 0.3) is 0 Å². The van der Waals surface area contributed by atoms with Crippen LogP contribution in [0.1, 0.15) is 41.3 Å². The van der Waals surface area contributed by atoms with E-state index in [2.05, 4.69) is 5.32 Å². The molecule has 1 N–H and O–H groups in total. The first kappa shape index (κ1) is 22.1. The molecule has 0 aliphatic rings. The quantitative estimate of drug-likeness (QED) is 0.488. The molecule has 7 heteroatoms. The molecule has 1 amide bonds. The minimum absolute atomic E-state index is 0.0168. The van der Waals surface area contributed by atoms with Crippen LogP contribution in [0.5, 0.6) is 5.75 Å². The first-order valence-electron chi connectivity index (χ1n) is 9.32. The van der Waals surface area contributed by atoms with Crippen molar-refractivity contribution in [3.8, 4) is 5.75 Å². The highest BCUT2D eigenvalue weighted by Crippen LogP contribution is 2.14. The number of hydrogen-bond donors (Lipinski definition) is 1. The summed E-state index contributed by atoms with van der Waals surface area (Å²) in [5, 5.41) is 2.55. The summed E-state index contributed by atoms with van der Waals surface area (Å²) in [7, 11) is 0. The van der Waals surface area contributed by atoms with E-state index >= 15 is 0 Å². The first-order valence-corrected chi connectivity index (χ1v) is 9.32. The van der Waals surface area contributed by atoms with E-state index in [-0.39, 0.29) is 31.0 Å². The number of amides is 1. The smallest absolute Gasteiger partial charge is 0.306 e. The van der Waals surface area contributed by atoms with E-state index in [1.54, 1.807) is 43.3 Å². The molecule has 0 bridgehead atoms. The number of Topliss-reactive ketones (excluding diaryl/α,β-unsaturated/α-hetero) is 1. The number of halogens is 1. The Bertz CT molecular complexity index is 864. The molecule has 0 spiro atoms. The van der Waals surface area contributed by atoms with Crippen molar-refractivity contribution in [3.05, 3.63) is 65.0 Å². The summed E-state index contributed by atoms with van der Waals surface area (Å²) in [5.74, 6) is -1.02. The van der Waals surface area contributed by atoms with Crippen molar-refractivity contribution in [1.29, 1.82) is 0 Å². The molecular formula is C22H24FNO5. The second-order valence-corrected chi connectivity index (χ2v) is 6.40. The van der Waals surface area contributed by atoms with Crippen LogP contribution >= 0.6 is 0 Å². The number of esters is 1. The first-order chi connectivity index (χ1) is 13.9. The fourth-order valence-electron chi connectivity index (χ4n) is 2.48. The molecule has 0 saturated carbocycles. The molecule has 2 aromatic rings. The van der Waals surface area contributed by atoms with Gasteiger partial charge in [-0.2, -0.15) is 0 Å². The Hall–Kier alpha value is -3.22. The van der Waals surface area contributed by atoms with E-state index in [0.29, 0.717) is 29.0 Å². The van der Waals surface area contributed by atoms with Crippen molar-refractivity contribution >= 4 is 17.7 Å². The molecule has 0 atom stereocenters. The van der Waals surface area contributed by atoms with Gasteiger partial charge in [0.2, 0.25) is 0 Å². The lowest BCUT2D eigenvalue weighted by Gasteiger charge is -2.08. The molecule has 0 aliphatic heterocycles. The Kier molecular flexibility index (Phi) is 8.33. The number of carbonyl (C=O) groups is 3. The van der Waals surface area contributed by atoms with Gasteiger partial charge in [0.1, 0.15) is 11.6 Å². The number of rotatable bonds is 10. The van der Waals surface area contributed by atoms with Crippen LogP contribution in [-0.2, 0) is 20.9 Å². The van der Waals surface area contributed by atoms with Crippen LogP contribution in [-0.4, -0.2) is 30.9 Å². The van der Waals surface area contributed by atoms with E-state index < -0.39 is 18.5 Å². The highest BCUT2D eigenvalue weighted by Gasteiger charge is 2.12. The van der Waals surface area contributed by atoms with E-state index in [4.69, 9.17) is 9.47 Å². The van der Waals surface area contributed by atoms with Gasteiger partial charge in [-0.25, -0.2) is 4.39 Å². The molecule has 2 rings (SSSR count). The largest absolute Gasteiger partial charge is 0.494 e. The van der Waals surface area contributed by atoms with Crippen LogP contribution in [0.4, 0.5) is 4.39 Å². The molecule has 2 aromatic carbocycles. The summed E-state index contributed by atoms with van der Waals surface area (Å²) in [6.45, 7) is 3.73. The van der Waals surface area contributed by atoms with Crippen LogP contribution in [0.2, 0.25) is 0 Å². The molecule has 0 radical (unpaired) electrons. The lowest BCUT2D eigenvalue weighted by atomic mass is 10.1. The monoisotopic (exact) mass is 401 g/mol. The minimum Gasteiger partial charge on any atom is -0.494 e. The van der Waals surface area contributed by atoms with Gasteiger partial charge >= 0.3 is 5.97 Å². The van der Waals surface area contributed by atoms with E-state index in [9.17, 15) is 18.8 Å². The van der Waals surface area contributed by atoms with E-state index in [1.165, 1.54) is 6.07 Å².